The Morgan fingerprint density at radius 3 is 2.94 bits per heavy atom. The Bertz CT molecular complexity index is 435. The van der Waals surface area contributed by atoms with Crippen LogP contribution < -0.4 is 0 Å². The minimum absolute atomic E-state index is 0.323. The van der Waals surface area contributed by atoms with E-state index in [9.17, 15) is 0 Å². The average Bonchev–Trinajstić information content (AvgIpc) is 2.65. The lowest BCUT2D eigenvalue weighted by atomic mass is 9.68. The Morgan fingerprint density at radius 2 is 2.12 bits per heavy atom. The van der Waals surface area contributed by atoms with E-state index >= 15 is 0 Å². The Kier molecular flexibility index (Phi) is 2.18. The maximum atomic E-state index is 2.45. The van der Waals surface area contributed by atoms with Crippen LogP contribution >= 0.6 is 0 Å². The minimum Gasteiger partial charge on any atom is -0.306 e. The molecular weight excluding hydrogens is 194 g/mol. The highest BCUT2D eigenvalue weighted by Gasteiger charge is 2.42. The van der Waals surface area contributed by atoms with Crippen LogP contribution in [0.15, 0.2) is 30.3 Å². The Balaban J connectivity index is 2.05. The summed E-state index contributed by atoms with van der Waals surface area (Å²) in [7, 11) is 2.23. The number of benzene rings is 1. The highest BCUT2D eigenvalue weighted by atomic mass is 15.1. The fraction of sp³-hybridized carbons (Fsp3) is 0.467. The van der Waals surface area contributed by atoms with Gasteiger partial charge < -0.3 is 4.90 Å². The van der Waals surface area contributed by atoms with E-state index in [0.717, 1.165) is 0 Å². The molecule has 2 unspecified atom stereocenters. The molecule has 1 heteroatoms. The molecule has 1 aliphatic carbocycles. The molecule has 84 valence electrons. The van der Waals surface area contributed by atoms with Crippen molar-refractivity contribution in [2.45, 2.75) is 18.8 Å². The van der Waals surface area contributed by atoms with E-state index < -0.39 is 0 Å². The molecule has 1 fully saturated rings. The van der Waals surface area contributed by atoms with E-state index in [1.165, 1.54) is 25.1 Å². The summed E-state index contributed by atoms with van der Waals surface area (Å²) in [5, 5.41) is 0. The van der Waals surface area contributed by atoms with Crippen LogP contribution in [0.1, 0.15) is 24.5 Å². The first-order chi connectivity index (χ1) is 7.72. The molecule has 1 nitrogen and oxygen atoms in total. The van der Waals surface area contributed by atoms with Crippen molar-refractivity contribution in [2.24, 2.45) is 5.92 Å². The van der Waals surface area contributed by atoms with Crippen molar-refractivity contribution in [2.75, 3.05) is 20.1 Å². The fourth-order valence-electron chi connectivity index (χ4n) is 3.39. The van der Waals surface area contributed by atoms with Crippen molar-refractivity contribution in [3.05, 3.63) is 41.5 Å². The molecule has 3 rings (SSSR count). The van der Waals surface area contributed by atoms with Crippen molar-refractivity contribution in [1.29, 1.82) is 0 Å². The van der Waals surface area contributed by atoms with E-state index in [1.54, 1.807) is 5.56 Å². The second-order valence-electron chi connectivity index (χ2n) is 5.37. The summed E-state index contributed by atoms with van der Waals surface area (Å²) in [5.41, 5.74) is 3.30. The van der Waals surface area contributed by atoms with Crippen LogP contribution in [0.4, 0.5) is 0 Å². The highest BCUT2D eigenvalue weighted by molar-refractivity contribution is 5.65. The van der Waals surface area contributed by atoms with Crippen LogP contribution in [0.5, 0.6) is 0 Å². The number of hydrogen-bond donors (Lipinski definition) is 0. The Morgan fingerprint density at radius 1 is 1.31 bits per heavy atom. The molecular formula is C15H19N. The Labute approximate surface area is 97.8 Å². The minimum atomic E-state index is 0.323. The predicted molar refractivity (Wildman–Crippen MR) is 68.4 cm³/mol. The van der Waals surface area contributed by atoms with Gasteiger partial charge in [0.2, 0.25) is 0 Å². The quantitative estimate of drug-likeness (QED) is 0.640. The molecule has 0 saturated carbocycles. The molecule has 0 N–H and O–H groups in total. The largest absolute Gasteiger partial charge is 0.306 e. The van der Waals surface area contributed by atoms with Gasteiger partial charge in [-0.15, -0.1) is 0 Å². The summed E-state index contributed by atoms with van der Waals surface area (Å²) in [5.74, 6) is 0.714. The summed E-state index contributed by atoms with van der Waals surface area (Å²) in [4.78, 5) is 2.45. The number of likely N-dealkylation sites (tertiary alicyclic amines) is 1. The van der Waals surface area contributed by atoms with Gasteiger partial charge in [0.1, 0.15) is 0 Å². The van der Waals surface area contributed by atoms with Gasteiger partial charge in [-0.05, 0) is 37.1 Å². The van der Waals surface area contributed by atoms with Crippen molar-refractivity contribution < 1.29 is 0 Å². The zero-order chi connectivity index (χ0) is 11.2. The van der Waals surface area contributed by atoms with Gasteiger partial charge in [0.15, 0.2) is 0 Å². The molecule has 1 heterocycles. The average molecular weight is 213 g/mol. The van der Waals surface area contributed by atoms with Gasteiger partial charge in [-0.3, -0.25) is 0 Å². The zero-order valence-electron chi connectivity index (χ0n) is 10.1. The summed E-state index contributed by atoms with van der Waals surface area (Å²) in [6.07, 6.45) is 6.03. The van der Waals surface area contributed by atoms with Crippen molar-refractivity contribution in [1.82, 2.24) is 4.90 Å². The van der Waals surface area contributed by atoms with E-state index in [1.807, 2.05) is 0 Å². The lowest BCUT2D eigenvalue weighted by Crippen LogP contribution is -2.45. The highest BCUT2D eigenvalue weighted by Crippen LogP contribution is 2.46. The summed E-state index contributed by atoms with van der Waals surface area (Å²) < 4.78 is 0. The first kappa shape index (κ1) is 10.1. The molecule has 0 radical (unpaired) electrons. The van der Waals surface area contributed by atoms with Gasteiger partial charge in [-0.1, -0.05) is 43.3 Å². The molecule has 2 aliphatic rings. The van der Waals surface area contributed by atoms with E-state index in [4.69, 9.17) is 0 Å². The van der Waals surface area contributed by atoms with Crippen molar-refractivity contribution >= 4 is 6.08 Å². The second kappa shape index (κ2) is 3.46. The summed E-state index contributed by atoms with van der Waals surface area (Å²) >= 11 is 0. The van der Waals surface area contributed by atoms with Crippen molar-refractivity contribution in [3.63, 3.8) is 0 Å². The second-order valence-corrected chi connectivity index (χ2v) is 5.37. The normalized spacial score (nSPS) is 33.2. The maximum Gasteiger partial charge on any atom is 0.0191 e. The summed E-state index contributed by atoms with van der Waals surface area (Å²) in [6, 6.07) is 8.88. The van der Waals surface area contributed by atoms with Gasteiger partial charge in [-0.25, -0.2) is 0 Å². The van der Waals surface area contributed by atoms with E-state index in [-0.39, 0.29) is 0 Å². The lowest BCUT2D eigenvalue weighted by Gasteiger charge is -2.43. The number of piperidine rings is 1. The molecule has 0 amide bonds. The molecule has 2 atom stereocenters. The fourth-order valence-corrected chi connectivity index (χ4v) is 3.39. The first-order valence-corrected chi connectivity index (χ1v) is 6.20. The number of rotatable bonds is 0. The first-order valence-electron chi connectivity index (χ1n) is 6.20. The van der Waals surface area contributed by atoms with Crippen LogP contribution in [0.2, 0.25) is 0 Å². The number of allylic oxidation sites excluding steroid dienone is 1. The van der Waals surface area contributed by atoms with E-state index in [0.29, 0.717) is 11.3 Å². The smallest absolute Gasteiger partial charge is 0.0191 e. The van der Waals surface area contributed by atoms with Crippen LogP contribution in [-0.4, -0.2) is 25.0 Å². The molecule has 16 heavy (non-hydrogen) atoms. The SMILES string of the molecule is CC1CN(C)CCC12C=Cc1ccccc12. The van der Waals surface area contributed by atoms with Gasteiger partial charge in [0, 0.05) is 12.0 Å². The lowest BCUT2D eigenvalue weighted by molar-refractivity contribution is 0.155. The van der Waals surface area contributed by atoms with Crippen LogP contribution in [0, 0.1) is 5.92 Å². The molecule has 0 bridgehead atoms. The molecule has 1 saturated heterocycles. The van der Waals surface area contributed by atoms with Crippen LogP contribution in [0.3, 0.4) is 0 Å². The number of nitrogens with zero attached hydrogens (tertiary/aromatic N) is 1. The molecule has 1 aromatic rings. The van der Waals surface area contributed by atoms with Gasteiger partial charge in [0.25, 0.3) is 0 Å². The van der Waals surface area contributed by atoms with Gasteiger partial charge >= 0.3 is 0 Å². The third-order valence-corrected chi connectivity index (χ3v) is 4.39. The van der Waals surface area contributed by atoms with Gasteiger partial charge in [0.05, 0.1) is 0 Å². The van der Waals surface area contributed by atoms with Gasteiger partial charge in [-0.2, -0.15) is 0 Å². The Hall–Kier alpha value is -1.08. The predicted octanol–water partition coefficient (Wildman–Crippen LogP) is 2.92. The molecule has 0 aromatic heterocycles. The summed E-state index contributed by atoms with van der Waals surface area (Å²) in [6.45, 7) is 4.81. The topological polar surface area (TPSA) is 3.24 Å². The number of hydrogen-bond acceptors (Lipinski definition) is 1. The maximum absolute atomic E-state index is 2.45. The van der Waals surface area contributed by atoms with Crippen molar-refractivity contribution in [3.8, 4) is 0 Å². The number of fused-ring (bicyclic) bond motifs is 2. The third kappa shape index (κ3) is 1.28. The van der Waals surface area contributed by atoms with Crippen LogP contribution in [-0.2, 0) is 5.41 Å². The molecule has 1 aromatic carbocycles. The molecule has 1 aliphatic heterocycles. The third-order valence-electron chi connectivity index (χ3n) is 4.39. The standard InChI is InChI=1S/C15H19N/c1-12-11-16(2)10-9-15(12)8-7-13-5-3-4-6-14(13)15/h3-8,12H,9-11H2,1-2H3. The van der Waals surface area contributed by atoms with Crippen LogP contribution in [0.25, 0.3) is 6.08 Å². The van der Waals surface area contributed by atoms with E-state index in [2.05, 4.69) is 55.3 Å². The monoisotopic (exact) mass is 213 g/mol. The zero-order valence-corrected chi connectivity index (χ0v) is 10.1. The molecule has 1 spiro atoms.